The summed E-state index contributed by atoms with van der Waals surface area (Å²) in [5.74, 6) is -2.75. The fourth-order valence-electron chi connectivity index (χ4n) is 4.64. The topological polar surface area (TPSA) is 44.3 Å². The Hall–Kier alpha value is -2.34. The summed E-state index contributed by atoms with van der Waals surface area (Å²) in [6, 6.07) is 8.17. The van der Waals surface area contributed by atoms with Gasteiger partial charge in [-0.25, -0.2) is 8.78 Å². The molecule has 0 bridgehead atoms. The summed E-state index contributed by atoms with van der Waals surface area (Å²) in [6.07, 6.45) is 13.5. The quantitative estimate of drug-likeness (QED) is 0.298. The van der Waals surface area contributed by atoms with Gasteiger partial charge in [0, 0.05) is 25.6 Å². The SMILES string of the molecule is C=CC1=C(/C=C\CNCc2ccccc2C2=CC=C(C(C)(F)F)CC2)CC(C)(NCO)CC1. The molecule has 5 heteroatoms. The second-order valence-corrected chi connectivity index (χ2v) is 9.29. The van der Waals surface area contributed by atoms with Crippen LogP contribution in [0.5, 0.6) is 0 Å². The van der Waals surface area contributed by atoms with E-state index < -0.39 is 5.92 Å². The Morgan fingerprint density at radius 1 is 1.15 bits per heavy atom. The maximum Gasteiger partial charge on any atom is 0.266 e. The van der Waals surface area contributed by atoms with Gasteiger partial charge in [-0.1, -0.05) is 61.2 Å². The molecular weight excluding hydrogens is 418 g/mol. The fourth-order valence-corrected chi connectivity index (χ4v) is 4.64. The third-order valence-corrected chi connectivity index (χ3v) is 6.66. The van der Waals surface area contributed by atoms with Crippen molar-refractivity contribution >= 4 is 5.57 Å². The monoisotopic (exact) mass is 454 g/mol. The Labute approximate surface area is 196 Å². The van der Waals surface area contributed by atoms with E-state index in [2.05, 4.69) is 48.4 Å². The Balaban J connectivity index is 1.61. The van der Waals surface area contributed by atoms with Gasteiger partial charge >= 0.3 is 0 Å². The largest absolute Gasteiger partial charge is 0.381 e. The molecule has 1 aromatic rings. The van der Waals surface area contributed by atoms with E-state index in [0.29, 0.717) is 19.4 Å². The van der Waals surface area contributed by atoms with Gasteiger partial charge in [-0.3, -0.25) is 5.32 Å². The highest BCUT2D eigenvalue weighted by molar-refractivity contribution is 5.71. The van der Waals surface area contributed by atoms with Crippen LogP contribution in [0.4, 0.5) is 8.78 Å². The third-order valence-electron chi connectivity index (χ3n) is 6.66. The molecule has 0 aliphatic heterocycles. The van der Waals surface area contributed by atoms with Crippen molar-refractivity contribution in [3.8, 4) is 0 Å². The van der Waals surface area contributed by atoms with E-state index in [1.165, 1.54) is 16.7 Å². The standard InChI is InChI=1S/C28H36F2N2O/c1-4-21-15-16-27(2,32-20-33)18-23(21)9-7-17-31-19-24-8-5-6-10-26(24)22-11-13-25(14-12-22)28(3,29)30/h4-11,13,31-33H,1,12,14-20H2,2-3H3/b9-7-. The lowest BCUT2D eigenvalue weighted by Crippen LogP contribution is -2.44. The molecule has 1 unspecified atom stereocenters. The van der Waals surface area contributed by atoms with Gasteiger partial charge in [0.1, 0.15) is 0 Å². The minimum absolute atomic E-state index is 0.0215. The smallest absolute Gasteiger partial charge is 0.266 e. The number of aliphatic hydroxyl groups is 1. The number of nitrogens with one attached hydrogen (secondary N) is 2. The zero-order valence-corrected chi connectivity index (χ0v) is 19.8. The van der Waals surface area contributed by atoms with Crippen LogP contribution in [0.1, 0.15) is 57.1 Å². The molecule has 0 fully saturated rings. The normalized spacial score (nSPS) is 21.8. The number of halogens is 2. The van der Waals surface area contributed by atoms with Crippen LogP contribution in [0.25, 0.3) is 5.57 Å². The molecule has 3 nitrogen and oxygen atoms in total. The van der Waals surface area contributed by atoms with Gasteiger partial charge in [0.05, 0.1) is 6.73 Å². The molecule has 2 aliphatic rings. The fraction of sp³-hybridized carbons (Fsp3) is 0.429. The summed E-state index contributed by atoms with van der Waals surface area (Å²) in [5.41, 5.74) is 6.02. The lowest BCUT2D eigenvalue weighted by atomic mass is 9.79. The molecule has 0 saturated heterocycles. The number of hydrogen-bond donors (Lipinski definition) is 3. The summed E-state index contributed by atoms with van der Waals surface area (Å²) in [7, 11) is 0. The number of benzene rings is 1. The first-order chi connectivity index (χ1) is 15.8. The van der Waals surface area contributed by atoms with Crippen LogP contribution < -0.4 is 10.6 Å². The van der Waals surface area contributed by atoms with Crippen molar-refractivity contribution in [3.05, 3.63) is 89.1 Å². The van der Waals surface area contributed by atoms with Crippen molar-refractivity contribution in [1.29, 1.82) is 0 Å². The maximum atomic E-state index is 13.6. The number of aliphatic hydroxyl groups excluding tert-OH is 1. The Bertz CT molecular complexity index is 968. The molecular formula is C28H36F2N2O. The molecule has 0 aromatic heterocycles. The van der Waals surface area contributed by atoms with E-state index in [4.69, 9.17) is 0 Å². The van der Waals surface area contributed by atoms with Crippen molar-refractivity contribution in [2.75, 3.05) is 13.3 Å². The van der Waals surface area contributed by atoms with Crippen molar-refractivity contribution in [2.24, 2.45) is 0 Å². The van der Waals surface area contributed by atoms with Gasteiger partial charge in [0.15, 0.2) is 0 Å². The molecule has 0 spiro atoms. The van der Waals surface area contributed by atoms with E-state index in [-0.39, 0.29) is 17.8 Å². The molecule has 0 saturated carbocycles. The number of hydrogen-bond acceptors (Lipinski definition) is 3. The molecule has 1 aromatic carbocycles. The molecule has 2 aliphatic carbocycles. The summed E-state index contributed by atoms with van der Waals surface area (Å²) < 4.78 is 27.2. The average Bonchev–Trinajstić information content (AvgIpc) is 2.79. The van der Waals surface area contributed by atoms with E-state index in [0.717, 1.165) is 43.9 Å². The number of allylic oxidation sites excluding steroid dienone is 7. The van der Waals surface area contributed by atoms with Crippen molar-refractivity contribution < 1.29 is 13.9 Å². The molecule has 0 heterocycles. The second kappa shape index (κ2) is 11.2. The van der Waals surface area contributed by atoms with Crippen LogP contribution in [0.15, 0.2) is 77.9 Å². The van der Waals surface area contributed by atoms with Crippen LogP contribution in [0.2, 0.25) is 0 Å². The Kier molecular flexibility index (Phi) is 8.57. The predicted octanol–water partition coefficient (Wildman–Crippen LogP) is 6.06. The van der Waals surface area contributed by atoms with Gasteiger partial charge in [-0.15, -0.1) is 0 Å². The van der Waals surface area contributed by atoms with Crippen LogP contribution in [0.3, 0.4) is 0 Å². The van der Waals surface area contributed by atoms with Crippen LogP contribution in [-0.4, -0.2) is 29.8 Å². The van der Waals surface area contributed by atoms with Gasteiger partial charge < -0.3 is 10.4 Å². The Morgan fingerprint density at radius 3 is 2.61 bits per heavy atom. The summed E-state index contributed by atoms with van der Waals surface area (Å²) in [5, 5.41) is 16.0. The van der Waals surface area contributed by atoms with E-state index in [9.17, 15) is 13.9 Å². The van der Waals surface area contributed by atoms with Gasteiger partial charge in [-0.05, 0) is 72.4 Å². The zero-order valence-electron chi connectivity index (χ0n) is 19.8. The summed E-state index contributed by atoms with van der Waals surface area (Å²) in [4.78, 5) is 0. The lowest BCUT2D eigenvalue weighted by Gasteiger charge is -2.35. The van der Waals surface area contributed by atoms with Gasteiger partial charge in [0.2, 0.25) is 0 Å². The zero-order chi connectivity index (χ0) is 23.9. The van der Waals surface area contributed by atoms with Gasteiger partial charge in [-0.2, -0.15) is 0 Å². The van der Waals surface area contributed by atoms with Gasteiger partial charge in [0.25, 0.3) is 5.92 Å². The second-order valence-electron chi connectivity index (χ2n) is 9.29. The molecule has 0 amide bonds. The van der Waals surface area contributed by atoms with Crippen LogP contribution in [0, 0.1) is 0 Å². The maximum absolute atomic E-state index is 13.6. The first kappa shape index (κ1) is 25.3. The minimum atomic E-state index is -2.75. The van der Waals surface area contributed by atoms with Crippen LogP contribution in [-0.2, 0) is 6.54 Å². The predicted molar refractivity (Wildman–Crippen MR) is 133 cm³/mol. The first-order valence-electron chi connectivity index (χ1n) is 11.7. The number of rotatable bonds is 10. The highest BCUT2D eigenvalue weighted by Gasteiger charge is 2.29. The summed E-state index contributed by atoms with van der Waals surface area (Å²) in [6.45, 7) is 8.47. The average molecular weight is 455 g/mol. The van der Waals surface area contributed by atoms with Crippen molar-refractivity contribution in [3.63, 3.8) is 0 Å². The van der Waals surface area contributed by atoms with E-state index >= 15 is 0 Å². The lowest BCUT2D eigenvalue weighted by molar-refractivity contribution is 0.0596. The van der Waals surface area contributed by atoms with Crippen molar-refractivity contribution in [2.45, 2.75) is 64.0 Å². The first-order valence-corrected chi connectivity index (χ1v) is 11.7. The highest BCUT2D eigenvalue weighted by Crippen LogP contribution is 2.36. The molecule has 33 heavy (non-hydrogen) atoms. The Morgan fingerprint density at radius 2 is 1.94 bits per heavy atom. The van der Waals surface area contributed by atoms with E-state index in [1.807, 2.05) is 24.3 Å². The molecule has 3 N–H and O–H groups in total. The molecule has 178 valence electrons. The minimum Gasteiger partial charge on any atom is -0.381 e. The number of alkyl halides is 2. The van der Waals surface area contributed by atoms with Crippen LogP contribution >= 0.6 is 0 Å². The molecule has 0 radical (unpaired) electrons. The van der Waals surface area contributed by atoms with Crippen molar-refractivity contribution in [1.82, 2.24) is 10.6 Å². The highest BCUT2D eigenvalue weighted by atomic mass is 19.3. The summed E-state index contributed by atoms with van der Waals surface area (Å²) >= 11 is 0. The molecule has 3 rings (SSSR count). The third kappa shape index (κ3) is 6.83. The van der Waals surface area contributed by atoms with E-state index in [1.54, 1.807) is 6.08 Å². The molecule has 1 atom stereocenters.